The van der Waals surface area contributed by atoms with Crippen LogP contribution in [0.3, 0.4) is 0 Å². The van der Waals surface area contributed by atoms with Gasteiger partial charge < -0.3 is 4.57 Å². The highest BCUT2D eigenvalue weighted by molar-refractivity contribution is 6.31. The number of nitrogens with zero attached hydrogens (tertiary/aromatic N) is 4. The molecule has 10 rings (SSSR count). The zero-order valence-electron chi connectivity index (χ0n) is 25.3. The van der Waals surface area contributed by atoms with Crippen LogP contribution < -0.4 is 0 Å². The number of benzene rings is 8. The molecule has 47 heavy (non-hydrogen) atoms. The lowest BCUT2D eigenvalue weighted by molar-refractivity contribution is 1.07. The van der Waals surface area contributed by atoms with Gasteiger partial charge in [0.15, 0.2) is 17.5 Å². The average Bonchev–Trinajstić information content (AvgIpc) is 3.48. The largest absolute Gasteiger partial charge is 0.309 e. The van der Waals surface area contributed by atoms with Crippen LogP contribution in [0.25, 0.3) is 94.0 Å². The van der Waals surface area contributed by atoms with E-state index in [2.05, 4.69) is 102 Å². The lowest BCUT2D eigenvalue weighted by Crippen LogP contribution is -2.01. The smallest absolute Gasteiger partial charge is 0.164 e. The molecular formula is C43H26N4. The molecule has 0 saturated heterocycles. The highest BCUT2D eigenvalue weighted by Crippen LogP contribution is 2.43. The molecule has 2 heterocycles. The van der Waals surface area contributed by atoms with Crippen molar-refractivity contribution in [3.8, 4) is 39.9 Å². The third kappa shape index (κ3) is 3.98. The molecule has 2 aromatic heterocycles. The topological polar surface area (TPSA) is 43.6 Å². The minimum Gasteiger partial charge on any atom is -0.309 e. The highest BCUT2D eigenvalue weighted by atomic mass is 15.0. The number of hydrogen-bond acceptors (Lipinski definition) is 3. The Kier molecular flexibility index (Phi) is 5.54. The zero-order chi connectivity index (χ0) is 30.9. The van der Waals surface area contributed by atoms with E-state index in [4.69, 9.17) is 15.0 Å². The molecule has 0 aliphatic rings. The van der Waals surface area contributed by atoms with Crippen molar-refractivity contribution in [2.45, 2.75) is 0 Å². The molecule has 0 N–H and O–H groups in total. The third-order valence-electron chi connectivity index (χ3n) is 9.34. The van der Waals surface area contributed by atoms with E-state index in [1.807, 2.05) is 60.7 Å². The van der Waals surface area contributed by atoms with Gasteiger partial charge >= 0.3 is 0 Å². The SMILES string of the molecule is c1ccc(-c2nc(-c3ccccc3)nc(-c3cccc(-n4c5ccccc5c5cc6ccc7cccc8ccc(c6c78)c54)c3)n2)cc1. The van der Waals surface area contributed by atoms with E-state index < -0.39 is 0 Å². The predicted molar refractivity (Wildman–Crippen MR) is 194 cm³/mol. The van der Waals surface area contributed by atoms with Crippen LogP contribution >= 0.6 is 0 Å². The fourth-order valence-corrected chi connectivity index (χ4v) is 7.25. The molecule has 0 aliphatic carbocycles. The number of para-hydroxylation sites is 1. The van der Waals surface area contributed by atoms with E-state index in [1.165, 1.54) is 54.1 Å². The number of aromatic nitrogens is 4. The molecule has 218 valence electrons. The molecule has 10 aromatic rings. The normalized spacial score (nSPS) is 11.8. The first kappa shape index (κ1) is 25.9. The fraction of sp³-hybridized carbons (Fsp3) is 0. The van der Waals surface area contributed by atoms with Crippen molar-refractivity contribution in [2.75, 3.05) is 0 Å². The van der Waals surface area contributed by atoms with Gasteiger partial charge in [-0.3, -0.25) is 0 Å². The summed E-state index contributed by atoms with van der Waals surface area (Å²) in [6, 6.07) is 55.6. The molecule has 0 unspecified atom stereocenters. The molecule has 0 aliphatic heterocycles. The molecule has 0 bridgehead atoms. The zero-order valence-corrected chi connectivity index (χ0v) is 25.3. The first-order valence-corrected chi connectivity index (χ1v) is 15.9. The summed E-state index contributed by atoms with van der Waals surface area (Å²) in [5.41, 5.74) is 6.28. The quantitative estimate of drug-likeness (QED) is 0.189. The molecule has 0 spiro atoms. The maximum absolute atomic E-state index is 5.02. The summed E-state index contributed by atoms with van der Waals surface area (Å²) in [6.45, 7) is 0. The molecular weight excluding hydrogens is 573 g/mol. The Morgan fingerprint density at radius 2 is 0.936 bits per heavy atom. The van der Waals surface area contributed by atoms with E-state index in [0.717, 1.165) is 22.4 Å². The second-order valence-corrected chi connectivity index (χ2v) is 12.1. The molecule has 0 atom stereocenters. The highest BCUT2D eigenvalue weighted by Gasteiger charge is 2.19. The van der Waals surface area contributed by atoms with Crippen molar-refractivity contribution >= 4 is 54.1 Å². The van der Waals surface area contributed by atoms with Crippen LogP contribution in [0.1, 0.15) is 0 Å². The maximum Gasteiger partial charge on any atom is 0.164 e. The first-order valence-electron chi connectivity index (χ1n) is 15.9. The van der Waals surface area contributed by atoms with Crippen LogP contribution in [-0.2, 0) is 0 Å². The first-order chi connectivity index (χ1) is 23.3. The van der Waals surface area contributed by atoms with Crippen LogP contribution in [0.15, 0.2) is 158 Å². The van der Waals surface area contributed by atoms with Gasteiger partial charge in [0.2, 0.25) is 0 Å². The van der Waals surface area contributed by atoms with Crippen LogP contribution in [0.5, 0.6) is 0 Å². The van der Waals surface area contributed by atoms with E-state index in [0.29, 0.717) is 17.5 Å². The van der Waals surface area contributed by atoms with Crippen LogP contribution in [0, 0.1) is 0 Å². The van der Waals surface area contributed by atoms with Gasteiger partial charge in [-0.25, -0.2) is 15.0 Å². The van der Waals surface area contributed by atoms with E-state index in [-0.39, 0.29) is 0 Å². The van der Waals surface area contributed by atoms with E-state index in [1.54, 1.807) is 0 Å². The Labute approximate surface area is 270 Å². The molecule has 0 saturated carbocycles. The van der Waals surface area contributed by atoms with Crippen molar-refractivity contribution in [1.29, 1.82) is 0 Å². The second-order valence-electron chi connectivity index (χ2n) is 12.1. The fourth-order valence-electron chi connectivity index (χ4n) is 7.25. The van der Waals surface area contributed by atoms with Gasteiger partial charge in [-0.1, -0.05) is 133 Å². The summed E-state index contributed by atoms with van der Waals surface area (Å²) >= 11 is 0. The van der Waals surface area contributed by atoms with Gasteiger partial charge in [-0.15, -0.1) is 0 Å². The Balaban J connectivity index is 1.25. The number of hydrogen-bond donors (Lipinski definition) is 0. The standard InChI is InChI=1S/C43H26N4/c1-3-11-29(12-4-1)41-44-42(30-13-5-2-6-14-30)46-43(45-41)32-17-10-18-33(25-32)47-37-20-8-7-19-34(37)36-26-31-22-21-27-15-9-16-28-23-24-35(40(36)47)39(31)38(27)28/h1-26H. The van der Waals surface area contributed by atoms with Gasteiger partial charge in [0.25, 0.3) is 0 Å². The lowest BCUT2D eigenvalue weighted by atomic mass is 9.92. The van der Waals surface area contributed by atoms with Crippen molar-refractivity contribution in [3.05, 3.63) is 158 Å². The van der Waals surface area contributed by atoms with Crippen molar-refractivity contribution in [2.24, 2.45) is 0 Å². The Hall–Kier alpha value is -6.39. The van der Waals surface area contributed by atoms with Crippen LogP contribution in [0.2, 0.25) is 0 Å². The van der Waals surface area contributed by atoms with Gasteiger partial charge in [0.05, 0.1) is 11.0 Å². The van der Waals surface area contributed by atoms with Gasteiger partial charge in [-0.05, 0) is 51.2 Å². The van der Waals surface area contributed by atoms with Crippen molar-refractivity contribution < 1.29 is 0 Å². The number of rotatable bonds is 4. The lowest BCUT2D eigenvalue weighted by Gasteiger charge is -2.15. The Morgan fingerprint density at radius 1 is 0.362 bits per heavy atom. The van der Waals surface area contributed by atoms with E-state index >= 15 is 0 Å². The summed E-state index contributed by atoms with van der Waals surface area (Å²) in [7, 11) is 0. The summed E-state index contributed by atoms with van der Waals surface area (Å²) in [6.07, 6.45) is 0. The number of fused-ring (bicyclic) bond motifs is 4. The maximum atomic E-state index is 5.02. The Morgan fingerprint density at radius 3 is 1.66 bits per heavy atom. The molecule has 0 radical (unpaired) electrons. The van der Waals surface area contributed by atoms with Gasteiger partial charge in [0.1, 0.15) is 0 Å². The minimum atomic E-state index is 0.641. The van der Waals surface area contributed by atoms with Crippen LogP contribution in [0.4, 0.5) is 0 Å². The monoisotopic (exact) mass is 598 g/mol. The minimum absolute atomic E-state index is 0.641. The van der Waals surface area contributed by atoms with Crippen molar-refractivity contribution in [1.82, 2.24) is 19.5 Å². The van der Waals surface area contributed by atoms with Crippen LogP contribution in [-0.4, -0.2) is 19.5 Å². The Bertz CT molecular complexity index is 2710. The molecule has 8 aromatic carbocycles. The van der Waals surface area contributed by atoms with Crippen molar-refractivity contribution in [3.63, 3.8) is 0 Å². The summed E-state index contributed by atoms with van der Waals surface area (Å²) in [5.74, 6) is 1.95. The summed E-state index contributed by atoms with van der Waals surface area (Å²) < 4.78 is 2.41. The molecule has 4 nitrogen and oxygen atoms in total. The van der Waals surface area contributed by atoms with Gasteiger partial charge in [-0.2, -0.15) is 0 Å². The summed E-state index contributed by atoms with van der Waals surface area (Å²) in [5, 5.41) is 10.2. The molecule has 4 heteroatoms. The predicted octanol–water partition coefficient (Wildman–Crippen LogP) is 10.9. The molecule has 0 fully saturated rings. The molecule has 0 amide bonds. The van der Waals surface area contributed by atoms with Gasteiger partial charge in [0, 0.05) is 38.5 Å². The third-order valence-corrected chi connectivity index (χ3v) is 9.34. The van der Waals surface area contributed by atoms with E-state index in [9.17, 15) is 0 Å². The second kappa shape index (κ2) is 10.1. The summed E-state index contributed by atoms with van der Waals surface area (Å²) in [4.78, 5) is 14.9. The average molecular weight is 599 g/mol.